The molecule has 6 heteroatoms. The third kappa shape index (κ3) is 3.92. The summed E-state index contributed by atoms with van der Waals surface area (Å²) in [5.74, 6) is -2.20. The molecular weight excluding hydrogens is 262 g/mol. The van der Waals surface area contributed by atoms with E-state index in [9.17, 15) is 13.6 Å². The minimum Gasteiger partial charge on any atom is -0.346 e. The highest BCUT2D eigenvalue weighted by Gasteiger charge is 2.25. The van der Waals surface area contributed by atoms with Crippen molar-refractivity contribution in [3.05, 3.63) is 35.4 Å². The number of amides is 1. The number of rotatable bonds is 3. The van der Waals surface area contributed by atoms with Crippen molar-refractivity contribution in [1.82, 2.24) is 5.32 Å². The van der Waals surface area contributed by atoms with Crippen LogP contribution in [0.15, 0.2) is 18.2 Å². The van der Waals surface area contributed by atoms with Gasteiger partial charge < -0.3 is 11.1 Å². The zero-order chi connectivity index (χ0) is 13.2. The molecule has 1 aromatic carbocycles. The molecule has 1 amide bonds. The smallest absolute Gasteiger partial charge is 0.237 e. The second-order valence-corrected chi connectivity index (χ2v) is 4.53. The van der Waals surface area contributed by atoms with Crippen molar-refractivity contribution in [2.45, 2.75) is 32.4 Å². The summed E-state index contributed by atoms with van der Waals surface area (Å²) in [6.07, 6.45) is 0. The maximum absolute atomic E-state index is 13.1. The van der Waals surface area contributed by atoms with Crippen molar-refractivity contribution in [3.8, 4) is 0 Å². The molecule has 1 atom stereocenters. The SMILES string of the molecule is C[C@H](N)C(=O)NC(C)(C)c1ccc(F)c(F)c1.Cl. The lowest BCUT2D eigenvalue weighted by molar-refractivity contribution is -0.123. The summed E-state index contributed by atoms with van der Waals surface area (Å²) in [7, 11) is 0. The van der Waals surface area contributed by atoms with Crippen molar-refractivity contribution >= 4 is 18.3 Å². The van der Waals surface area contributed by atoms with Gasteiger partial charge in [0.1, 0.15) is 0 Å². The first-order chi connectivity index (χ1) is 7.74. The second kappa shape index (κ2) is 6.11. The normalized spacial score (nSPS) is 12.6. The summed E-state index contributed by atoms with van der Waals surface area (Å²) >= 11 is 0. The first kappa shape index (κ1) is 16.8. The Bertz CT molecular complexity index is 436. The van der Waals surface area contributed by atoms with E-state index in [-0.39, 0.29) is 18.3 Å². The molecule has 0 spiro atoms. The summed E-state index contributed by atoms with van der Waals surface area (Å²) in [6.45, 7) is 4.94. The van der Waals surface area contributed by atoms with Crippen LogP contribution in [0.4, 0.5) is 8.78 Å². The number of halogens is 3. The average Bonchev–Trinajstić information content (AvgIpc) is 2.21. The monoisotopic (exact) mass is 278 g/mol. The fourth-order valence-corrected chi connectivity index (χ4v) is 1.38. The zero-order valence-electron chi connectivity index (χ0n) is 10.5. The Morgan fingerprint density at radius 3 is 2.33 bits per heavy atom. The van der Waals surface area contributed by atoms with Gasteiger partial charge in [0.15, 0.2) is 11.6 Å². The Labute approximate surface area is 111 Å². The maximum atomic E-state index is 13.1. The van der Waals surface area contributed by atoms with Crippen LogP contribution in [-0.4, -0.2) is 11.9 Å². The topological polar surface area (TPSA) is 55.1 Å². The van der Waals surface area contributed by atoms with Crippen LogP contribution >= 0.6 is 12.4 Å². The van der Waals surface area contributed by atoms with Gasteiger partial charge in [-0.15, -0.1) is 12.4 Å². The van der Waals surface area contributed by atoms with Gasteiger partial charge in [-0.25, -0.2) is 8.78 Å². The molecule has 3 N–H and O–H groups in total. The van der Waals surface area contributed by atoms with Crippen molar-refractivity contribution in [2.75, 3.05) is 0 Å². The van der Waals surface area contributed by atoms with Crippen LogP contribution in [-0.2, 0) is 10.3 Å². The molecular formula is C12H17ClF2N2O. The lowest BCUT2D eigenvalue weighted by atomic mass is 9.93. The standard InChI is InChI=1S/C12H16F2N2O.ClH/c1-7(15)11(17)16-12(2,3)8-4-5-9(13)10(14)6-8;/h4-7H,15H2,1-3H3,(H,16,17);1H/t7-;/m0./s1. The molecule has 0 saturated carbocycles. The molecule has 0 unspecified atom stereocenters. The van der Waals surface area contributed by atoms with E-state index in [1.807, 2.05) is 0 Å². The number of nitrogens with one attached hydrogen (secondary N) is 1. The van der Waals surface area contributed by atoms with Crippen molar-refractivity contribution < 1.29 is 13.6 Å². The van der Waals surface area contributed by atoms with Gasteiger partial charge in [0.2, 0.25) is 5.91 Å². The Morgan fingerprint density at radius 2 is 1.89 bits per heavy atom. The summed E-state index contributed by atoms with van der Waals surface area (Å²) in [5.41, 5.74) is 5.10. The zero-order valence-corrected chi connectivity index (χ0v) is 11.3. The van der Waals surface area contributed by atoms with Gasteiger partial charge in [-0.1, -0.05) is 6.07 Å². The largest absolute Gasteiger partial charge is 0.346 e. The number of carbonyl (C=O) groups is 1. The van der Waals surface area contributed by atoms with Crippen LogP contribution in [0.5, 0.6) is 0 Å². The van der Waals surface area contributed by atoms with Gasteiger partial charge in [-0.3, -0.25) is 4.79 Å². The lowest BCUT2D eigenvalue weighted by Crippen LogP contribution is -2.47. The van der Waals surface area contributed by atoms with Gasteiger partial charge in [0.25, 0.3) is 0 Å². The molecule has 1 aromatic rings. The van der Waals surface area contributed by atoms with Gasteiger partial charge in [-0.05, 0) is 38.5 Å². The molecule has 0 bridgehead atoms. The number of hydrogen-bond acceptors (Lipinski definition) is 2. The molecule has 0 aromatic heterocycles. The van der Waals surface area contributed by atoms with Crippen molar-refractivity contribution in [1.29, 1.82) is 0 Å². The molecule has 0 radical (unpaired) electrons. The number of nitrogens with two attached hydrogens (primary N) is 1. The molecule has 0 aliphatic carbocycles. The van der Waals surface area contributed by atoms with Gasteiger partial charge in [0.05, 0.1) is 11.6 Å². The highest BCUT2D eigenvalue weighted by atomic mass is 35.5. The van der Waals surface area contributed by atoms with E-state index in [0.717, 1.165) is 12.1 Å². The molecule has 0 aliphatic rings. The molecule has 0 saturated heterocycles. The highest BCUT2D eigenvalue weighted by Crippen LogP contribution is 2.22. The third-order valence-electron chi connectivity index (χ3n) is 2.49. The van der Waals surface area contributed by atoms with Crippen molar-refractivity contribution in [3.63, 3.8) is 0 Å². The summed E-state index contributed by atoms with van der Waals surface area (Å²) in [6, 6.07) is 2.88. The van der Waals surface area contributed by atoms with E-state index in [1.165, 1.54) is 6.07 Å². The van der Waals surface area contributed by atoms with Crippen LogP contribution in [0, 0.1) is 11.6 Å². The van der Waals surface area contributed by atoms with Crippen LogP contribution in [0.25, 0.3) is 0 Å². The Balaban J connectivity index is 0.00000289. The molecule has 0 fully saturated rings. The second-order valence-electron chi connectivity index (χ2n) is 4.53. The van der Waals surface area contributed by atoms with E-state index in [1.54, 1.807) is 20.8 Å². The summed E-state index contributed by atoms with van der Waals surface area (Å²) < 4.78 is 25.9. The minimum atomic E-state index is -0.939. The van der Waals surface area contributed by atoms with E-state index in [0.29, 0.717) is 5.56 Å². The van der Waals surface area contributed by atoms with E-state index >= 15 is 0 Å². The van der Waals surface area contributed by atoms with Crippen LogP contribution in [0.2, 0.25) is 0 Å². The lowest BCUT2D eigenvalue weighted by Gasteiger charge is -2.28. The summed E-state index contributed by atoms with van der Waals surface area (Å²) in [4.78, 5) is 11.5. The molecule has 18 heavy (non-hydrogen) atoms. The number of carbonyl (C=O) groups excluding carboxylic acids is 1. The third-order valence-corrected chi connectivity index (χ3v) is 2.49. The molecule has 3 nitrogen and oxygen atoms in total. The average molecular weight is 279 g/mol. The Hall–Kier alpha value is -1.20. The number of benzene rings is 1. The molecule has 0 heterocycles. The van der Waals surface area contributed by atoms with E-state index in [4.69, 9.17) is 5.73 Å². The fourth-order valence-electron chi connectivity index (χ4n) is 1.38. The minimum absolute atomic E-state index is 0. The predicted octanol–water partition coefficient (Wildman–Crippen LogP) is 2.09. The van der Waals surface area contributed by atoms with Crippen LogP contribution in [0.3, 0.4) is 0 Å². The number of hydrogen-bond donors (Lipinski definition) is 2. The molecule has 102 valence electrons. The van der Waals surface area contributed by atoms with Crippen molar-refractivity contribution in [2.24, 2.45) is 5.73 Å². The summed E-state index contributed by atoms with van der Waals surface area (Å²) in [5, 5.41) is 2.67. The maximum Gasteiger partial charge on any atom is 0.237 e. The first-order valence-electron chi connectivity index (χ1n) is 5.27. The van der Waals surface area contributed by atoms with Crippen LogP contribution < -0.4 is 11.1 Å². The first-order valence-corrected chi connectivity index (χ1v) is 5.27. The fraction of sp³-hybridized carbons (Fsp3) is 0.417. The van der Waals surface area contributed by atoms with Gasteiger partial charge in [0, 0.05) is 0 Å². The van der Waals surface area contributed by atoms with Crippen LogP contribution in [0.1, 0.15) is 26.3 Å². The Kier molecular flexibility index (Phi) is 5.70. The van der Waals surface area contributed by atoms with E-state index in [2.05, 4.69) is 5.32 Å². The quantitative estimate of drug-likeness (QED) is 0.889. The predicted molar refractivity (Wildman–Crippen MR) is 68.4 cm³/mol. The molecule has 1 rings (SSSR count). The van der Waals surface area contributed by atoms with E-state index < -0.39 is 23.2 Å². The Morgan fingerprint density at radius 1 is 1.33 bits per heavy atom. The van der Waals surface area contributed by atoms with Gasteiger partial charge >= 0.3 is 0 Å². The molecule has 0 aliphatic heterocycles. The van der Waals surface area contributed by atoms with Gasteiger partial charge in [-0.2, -0.15) is 0 Å². The highest BCUT2D eigenvalue weighted by molar-refractivity contribution is 5.85.